The number of anilines is 1. The van der Waals surface area contributed by atoms with Crippen molar-refractivity contribution < 1.29 is 0 Å². The molecule has 0 radical (unpaired) electrons. The van der Waals surface area contributed by atoms with E-state index >= 15 is 0 Å². The van der Waals surface area contributed by atoms with Crippen LogP contribution in [0.2, 0.25) is 0 Å². The van der Waals surface area contributed by atoms with E-state index < -0.39 is 0 Å². The number of nitrogens with one attached hydrogen (secondary N) is 1. The molecular weight excluding hydrogens is 428 g/mol. The Labute approximate surface area is 210 Å². The van der Waals surface area contributed by atoms with Gasteiger partial charge in [0.05, 0.1) is 11.6 Å². The number of amidine groups is 2. The fraction of sp³-hybridized carbons (Fsp3) is 0.323. The number of fused-ring (bicyclic) bond motifs is 1. The number of allylic oxidation sites excluding steroid dienone is 3. The number of hydrogen-bond donors (Lipinski definition) is 1. The Morgan fingerprint density at radius 2 is 1.80 bits per heavy atom. The molecule has 1 heterocycles. The second kappa shape index (κ2) is 10.6. The molecule has 0 saturated heterocycles. The molecular formula is C31H34N4. The van der Waals surface area contributed by atoms with E-state index in [1.165, 1.54) is 11.6 Å². The van der Waals surface area contributed by atoms with Crippen molar-refractivity contribution in [2.24, 2.45) is 10.4 Å². The van der Waals surface area contributed by atoms with Crippen molar-refractivity contribution in [3.63, 3.8) is 0 Å². The molecule has 178 valence electrons. The van der Waals surface area contributed by atoms with Crippen LogP contribution in [0, 0.1) is 34.5 Å². The molecule has 0 aliphatic carbocycles. The maximum Gasteiger partial charge on any atom is 0.141 e. The molecule has 0 bridgehead atoms. The fourth-order valence-corrected chi connectivity index (χ4v) is 4.66. The van der Waals surface area contributed by atoms with Gasteiger partial charge >= 0.3 is 0 Å². The largest absolute Gasteiger partial charge is 0.288 e. The van der Waals surface area contributed by atoms with E-state index in [1.54, 1.807) is 6.08 Å². The van der Waals surface area contributed by atoms with Gasteiger partial charge < -0.3 is 0 Å². The lowest BCUT2D eigenvalue weighted by Gasteiger charge is -2.43. The van der Waals surface area contributed by atoms with Crippen LogP contribution in [0.15, 0.2) is 82.9 Å². The van der Waals surface area contributed by atoms with E-state index in [2.05, 4.69) is 57.9 Å². The van der Waals surface area contributed by atoms with Gasteiger partial charge in [0.2, 0.25) is 0 Å². The molecule has 3 rings (SSSR count). The van der Waals surface area contributed by atoms with Crippen molar-refractivity contribution in [1.82, 2.24) is 0 Å². The summed E-state index contributed by atoms with van der Waals surface area (Å²) < 4.78 is 0. The summed E-state index contributed by atoms with van der Waals surface area (Å²) in [6.07, 6.45) is 9.89. The summed E-state index contributed by atoms with van der Waals surface area (Å²) in [6, 6.07) is 20.5. The van der Waals surface area contributed by atoms with Gasteiger partial charge in [0, 0.05) is 30.3 Å². The first-order valence-electron chi connectivity index (χ1n) is 12.0. The van der Waals surface area contributed by atoms with Crippen molar-refractivity contribution in [1.29, 1.82) is 10.7 Å². The highest BCUT2D eigenvalue weighted by Gasteiger charge is 2.44. The summed E-state index contributed by atoms with van der Waals surface area (Å²) in [6.45, 7) is 11.7. The first-order chi connectivity index (χ1) is 16.7. The number of para-hydroxylation sites is 1. The minimum Gasteiger partial charge on any atom is -0.288 e. The quantitative estimate of drug-likeness (QED) is 0.170. The van der Waals surface area contributed by atoms with E-state index in [4.69, 9.17) is 11.4 Å². The number of aliphatic imine (C=N–C) groups is 1. The van der Waals surface area contributed by atoms with E-state index in [0.29, 0.717) is 24.4 Å². The highest BCUT2D eigenvalue weighted by Crippen LogP contribution is 2.47. The summed E-state index contributed by atoms with van der Waals surface area (Å²) in [4.78, 5) is 7.14. The molecule has 2 aromatic rings. The molecule has 0 aromatic heterocycles. The molecule has 2 aromatic carbocycles. The Balaban J connectivity index is 2.16. The van der Waals surface area contributed by atoms with Crippen LogP contribution < -0.4 is 4.90 Å². The van der Waals surface area contributed by atoms with Crippen LogP contribution in [0.3, 0.4) is 0 Å². The normalized spacial score (nSPS) is 19.5. The maximum atomic E-state index is 9.35. The molecule has 35 heavy (non-hydrogen) atoms. The molecule has 1 N–H and O–H groups in total. The van der Waals surface area contributed by atoms with E-state index in [9.17, 15) is 10.7 Å². The van der Waals surface area contributed by atoms with Crippen molar-refractivity contribution in [3.8, 4) is 18.4 Å². The molecule has 4 nitrogen and oxygen atoms in total. The van der Waals surface area contributed by atoms with Crippen molar-refractivity contribution in [2.75, 3.05) is 11.4 Å². The van der Waals surface area contributed by atoms with Gasteiger partial charge in [-0.25, -0.2) is 0 Å². The molecule has 0 fully saturated rings. The van der Waals surface area contributed by atoms with Gasteiger partial charge in [-0.3, -0.25) is 15.3 Å². The topological polar surface area (TPSA) is 63.2 Å². The van der Waals surface area contributed by atoms with Gasteiger partial charge in [-0.05, 0) is 47.9 Å². The second-order valence-corrected chi connectivity index (χ2v) is 9.89. The van der Waals surface area contributed by atoms with Crippen LogP contribution in [0.5, 0.6) is 0 Å². The SMILES string of the molecule is C#C/C=C(C#N)\C=C(\C)CC(=N)N(C1=NC[C@](C)(CC)C(C)(C)c2ccccc21)c1ccccc1. The number of nitriles is 1. The van der Waals surface area contributed by atoms with E-state index in [1.807, 2.05) is 48.2 Å². The lowest BCUT2D eigenvalue weighted by Crippen LogP contribution is -2.40. The van der Waals surface area contributed by atoms with Crippen LogP contribution >= 0.6 is 0 Å². The molecule has 0 unspecified atom stereocenters. The molecule has 1 aliphatic rings. The molecule has 0 amide bonds. The monoisotopic (exact) mass is 462 g/mol. The predicted molar refractivity (Wildman–Crippen MR) is 147 cm³/mol. The van der Waals surface area contributed by atoms with Crippen LogP contribution in [0.1, 0.15) is 58.6 Å². The lowest BCUT2D eigenvalue weighted by molar-refractivity contribution is 0.175. The van der Waals surface area contributed by atoms with Crippen LogP contribution in [0.4, 0.5) is 5.69 Å². The van der Waals surface area contributed by atoms with Gasteiger partial charge in [0.25, 0.3) is 0 Å². The Morgan fingerprint density at radius 3 is 2.43 bits per heavy atom. The lowest BCUT2D eigenvalue weighted by atomic mass is 9.61. The molecule has 0 saturated carbocycles. The Morgan fingerprint density at radius 1 is 1.14 bits per heavy atom. The van der Waals surface area contributed by atoms with Gasteiger partial charge in [-0.15, -0.1) is 6.42 Å². The van der Waals surface area contributed by atoms with Crippen molar-refractivity contribution in [2.45, 2.75) is 52.9 Å². The van der Waals surface area contributed by atoms with Crippen LogP contribution in [0.25, 0.3) is 0 Å². The zero-order valence-electron chi connectivity index (χ0n) is 21.4. The standard InChI is InChI=1S/C31H34N4/c1-7-14-24(21-32)19-23(3)20-28(33)35(25-15-10-9-11-16-25)29-26-17-12-13-18-27(26)30(4,5)31(6,8-2)22-34-29/h1,9-19,33H,8,20,22H2,2-6H3/b23-19-,24-14+,33-28?/t31-/m0/s1. The Bertz CT molecular complexity index is 1270. The maximum absolute atomic E-state index is 9.35. The first kappa shape index (κ1) is 25.7. The predicted octanol–water partition coefficient (Wildman–Crippen LogP) is 7.04. The zero-order valence-corrected chi connectivity index (χ0v) is 21.4. The smallest absolute Gasteiger partial charge is 0.141 e. The summed E-state index contributed by atoms with van der Waals surface area (Å²) in [7, 11) is 0. The third-order valence-corrected chi connectivity index (χ3v) is 7.42. The minimum absolute atomic E-state index is 0.0348. The van der Waals surface area contributed by atoms with Crippen LogP contribution in [-0.2, 0) is 5.41 Å². The van der Waals surface area contributed by atoms with Crippen molar-refractivity contribution in [3.05, 3.63) is 89.0 Å². The molecule has 1 aliphatic heterocycles. The van der Waals surface area contributed by atoms with Gasteiger partial charge in [0.15, 0.2) is 0 Å². The average molecular weight is 463 g/mol. The van der Waals surface area contributed by atoms with Crippen molar-refractivity contribution >= 4 is 17.4 Å². The highest BCUT2D eigenvalue weighted by molar-refractivity contribution is 6.25. The Kier molecular flexibility index (Phi) is 7.78. The average Bonchev–Trinajstić information content (AvgIpc) is 2.93. The summed E-state index contributed by atoms with van der Waals surface area (Å²) >= 11 is 0. The first-order valence-corrected chi connectivity index (χ1v) is 12.0. The second-order valence-electron chi connectivity index (χ2n) is 9.89. The number of terminal acetylenes is 1. The van der Waals surface area contributed by atoms with Gasteiger partial charge in [-0.2, -0.15) is 5.26 Å². The van der Waals surface area contributed by atoms with Gasteiger partial charge in [-0.1, -0.05) is 81.7 Å². The third kappa shape index (κ3) is 5.13. The fourth-order valence-electron chi connectivity index (χ4n) is 4.66. The highest BCUT2D eigenvalue weighted by atomic mass is 15.2. The molecule has 1 atom stereocenters. The van der Waals surface area contributed by atoms with E-state index in [0.717, 1.165) is 29.1 Å². The summed E-state index contributed by atoms with van der Waals surface area (Å²) in [5.74, 6) is 3.57. The summed E-state index contributed by atoms with van der Waals surface area (Å²) in [5.41, 5.74) is 4.32. The molecule has 4 heteroatoms. The van der Waals surface area contributed by atoms with Crippen LogP contribution in [-0.4, -0.2) is 18.2 Å². The van der Waals surface area contributed by atoms with Gasteiger partial charge in [0.1, 0.15) is 11.7 Å². The Hall–Kier alpha value is -3.89. The van der Waals surface area contributed by atoms with E-state index in [-0.39, 0.29) is 10.8 Å². The number of rotatable bonds is 5. The number of nitrogens with zero attached hydrogens (tertiary/aromatic N) is 3. The summed E-state index contributed by atoms with van der Waals surface area (Å²) in [5, 5.41) is 18.5. The molecule has 0 spiro atoms. The minimum atomic E-state index is -0.105. The number of hydrogen-bond acceptors (Lipinski definition) is 3. The number of benzene rings is 2. The zero-order chi connectivity index (χ0) is 25.6. The third-order valence-electron chi connectivity index (χ3n) is 7.42.